The highest BCUT2D eigenvalue weighted by Gasteiger charge is 2.55. The number of hydrogen-bond donors (Lipinski definition) is 0. The first-order valence-electron chi connectivity index (χ1n) is 10.5. The first-order valence-corrected chi connectivity index (χ1v) is 13.1. The SMILES string of the molecule is O=C(Cn1c2c(sc1=O)[C@H](c1cccs1)C1C3CCC(C3)C1S2)N1CCOCC1. The minimum Gasteiger partial charge on any atom is -0.378 e. The summed E-state index contributed by atoms with van der Waals surface area (Å²) in [7, 11) is 0. The van der Waals surface area contributed by atoms with E-state index in [0.29, 0.717) is 43.4 Å². The van der Waals surface area contributed by atoms with Crippen molar-refractivity contribution in [2.45, 2.75) is 42.0 Å². The van der Waals surface area contributed by atoms with Gasteiger partial charge in [0.2, 0.25) is 5.91 Å². The predicted octanol–water partition coefficient (Wildman–Crippen LogP) is 3.48. The van der Waals surface area contributed by atoms with Crippen LogP contribution in [0.1, 0.15) is 34.9 Å². The monoisotopic (exact) mass is 448 g/mol. The van der Waals surface area contributed by atoms with E-state index in [1.165, 1.54) is 40.4 Å². The molecule has 3 fully saturated rings. The van der Waals surface area contributed by atoms with E-state index < -0.39 is 0 Å². The van der Waals surface area contributed by atoms with Crippen LogP contribution in [0.5, 0.6) is 0 Å². The maximum absolute atomic E-state index is 13.0. The largest absolute Gasteiger partial charge is 0.378 e. The van der Waals surface area contributed by atoms with Gasteiger partial charge in [0.1, 0.15) is 6.54 Å². The third kappa shape index (κ3) is 2.98. The zero-order valence-electron chi connectivity index (χ0n) is 16.1. The fourth-order valence-electron chi connectivity index (χ4n) is 5.92. The second kappa shape index (κ2) is 7.25. The van der Waals surface area contributed by atoms with Crippen molar-refractivity contribution in [1.82, 2.24) is 9.47 Å². The molecular formula is C21H24N2O3S3. The molecule has 2 aliphatic carbocycles. The molecule has 4 unspecified atom stereocenters. The van der Waals surface area contributed by atoms with Gasteiger partial charge in [0.05, 0.1) is 18.2 Å². The number of rotatable bonds is 3. The zero-order valence-corrected chi connectivity index (χ0v) is 18.6. The van der Waals surface area contributed by atoms with Crippen LogP contribution < -0.4 is 4.87 Å². The molecule has 8 heteroatoms. The van der Waals surface area contributed by atoms with Crippen molar-refractivity contribution in [2.75, 3.05) is 26.3 Å². The summed E-state index contributed by atoms with van der Waals surface area (Å²) in [6, 6.07) is 4.37. The number of hydrogen-bond acceptors (Lipinski definition) is 6. The Morgan fingerprint density at radius 2 is 2.03 bits per heavy atom. The Bertz CT molecular complexity index is 976. The van der Waals surface area contributed by atoms with E-state index >= 15 is 0 Å². The molecule has 6 rings (SSSR count). The summed E-state index contributed by atoms with van der Waals surface area (Å²) >= 11 is 5.11. The van der Waals surface area contributed by atoms with Crippen LogP contribution in [-0.4, -0.2) is 46.9 Å². The minimum absolute atomic E-state index is 0.0259. The summed E-state index contributed by atoms with van der Waals surface area (Å²) in [5.41, 5.74) is 0. The molecule has 2 aromatic heterocycles. The lowest BCUT2D eigenvalue weighted by Gasteiger charge is -2.40. The Balaban J connectivity index is 1.39. The lowest BCUT2D eigenvalue weighted by atomic mass is 9.77. The van der Waals surface area contributed by atoms with Gasteiger partial charge in [-0.25, -0.2) is 0 Å². The molecule has 0 aromatic carbocycles. The van der Waals surface area contributed by atoms with Gasteiger partial charge in [-0.15, -0.1) is 23.1 Å². The van der Waals surface area contributed by atoms with Crippen molar-refractivity contribution >= 4 is 40.3 Å². The second-order valence-electron chi connectivity index (χ2n) is 8.60. The van der Waals surface area contributed by atoms with Gasteiger partial charge >= 0.3 is 4.87 Å². The van der Waals surface area contributed by atoms with Crippen molar-refractivity contribution in [1.29, 1.82) is 0 Å². The van der Waals surface area contributed by atoms with Gasteiger partial charge in [-0.3, -0.25) is 14.2 Å². The van der Waals surface area contributed by atoms with Crippen LogP contribution >= 0.6 is 34.4 Å². The molecule has 2 aliphatic heterocycles. The third-order valence-electron chi connectivity index (χ3n) is 7.20. The molecular weight excluding hydrogens is 424 g/mol. The number of thioether (sulfide) groups is 1. The van der Waals surface area contributed by atoms with Gasteiger partial charge in [0.25, 0.3) is 0 Å². The topological polar surface area (TPSA) is 51.5 Å². The third-order valence-corrected chi connectivity index (χ3v) is 11.0. The van der Waals surface area contributed by atoms with Gasteiger partial charge in [0, 0.05) is 34.0 Å². The van der Waals surface area contributed by atoms with E-state index in [4.69, 9.17) is 4.74 Å². The van der Waals surface area contributed by atoms with Crippen LogP contribution in [0.25, 0.3) is 0 Å². The molecule has 5 nitrogen and oxygen atoms in total. The summed E-state index contributed by atoms with van der Waals surface area (Å²) < 4.78 is 7.15. The molecule has 2 aromatic rings. The maximum atomic E-state index is 13.0. The van der Waals surface area contributed by atoms with Crippen molar-refractivity contribution in [3.8, 4) is 0 Å². The average Bonchev–Trinajstić information content (AvgIpc) is 3.53. The Labute approximate surface area is 182 Å². The Morgan fingerprint density at radius 3 is 2.83 bits per heavy atom. The maximum Gasteiger partial charge on any atom is 0.308 e. The summed E-state index contributed by atoms with van der Waals surface area (Å²) in [5.74, 6) is 2.58. The Kier molecular flexibility index (Phi) is 4.67. The number of thiophene rings is 1. The van der Waals surface area contributed by atoms with E-state index in [1.807, 2.05) is 28.0 Å². The quantitative estimate of drug-likeness (QED) is 0.721. The molecule has 5 atom stereocenters. The number of thiazole rings is 1. The van der Waals surface area contributed by atoms with E-state index in [1.54, 1.807) is 4.57 Å². The molecule has 0 N–H and O–H groups in total. The minimum atomic E-state index is 0.0259. The normalized spacial score (nSPS) is 33.0. The second-order valence-corrected chi connectivity index (χ2v) is 11.7. The van der Waals surface area contributed by atoms with Crippen molar-refractivity contribution in [2.24, 2.45) is 17.8 Å². The number of amides is 1. The number of morpholine rings is 1. The number of aromatic nitrogens is 1. The number of ether oxygens (including phenoxy) is 1. The van der Waals surface area contributed by atoms with Crippen LogP contribution in [0.3, 0.4) is 0 Å². The fraction of sp³-hybridized carbons (Fsp3) is 0.619. The molecule has 1 amide bonds. The van der Waals surface area contributed by atoms with Crippen molar-refractivity contribution in [3.05, 3.63) is 36.9 Å². The molecule has 29 heavy (non-hydrogen) atoms. The molecule has 2 saturated carbocycles. The number of carbonyl (C=O) groups is 1. The van der Waals surface area contributed by atoms with Crippen LogP contribution in [0.4, 0.5) is 0 Å². The zero-order chi connectivity index (χ0) is 19.5. The smallest absolute Gasteiger partial charge is 0.308 e. The summed E-state index contributed by atoms with van der Waals surface area (Å²) in [5, 5.41) is 3.82. The summed E-state index contributed by atoms with van der Waals surface area (Å²) in [6.45, 7) is 2.59. The lowest BCUT2D eigenvalue weighted by molar-refractivity contribution is -0.136. The molecule has 0 spiro atoms. The van der Waals surface area contributed by atoms with E-state index in [0.717, 1.165) is 16.9 Å². The Hall–Kier alpha value is -1.09. The van der Waals surface area contributed by atoms with Crippen molar-refractivity contribution in [3.63, 3.8) is 0 Å². The predicted molar refractivity (Wildman–Crippen MR) is 116 cm³/mol. The van der Waals surface area contributed by atoms with E-state index in [-0.39, 0.29) is 17.3 Å². The van der Waals surface area contributed by atoms with Gasteiger partial charge in [-0.2, -0.15) is 0 Å². The van der Waals surface area contributed by atoms with Gasteiger partial charge in [-0.1, -0.05) is 17.4 Å². The molecule has 2 bridgehead atoms. The molecule has 1 saturated heterocycles. The standard InChI is InChI=1S/C21H24N2O3S3/c24-15(22-5-7-26-8-6-22)11-23-20-19(29-21(23)25)17(14-2-1-9-27-14)16-12-3-4-13(10-12)18(16)28-20/h1-2,9,12-13,16-18H,3-8,10-11H2/t12?,13?,16?,17-,18?/m1/s1. The lowest BCUT2D eigenvalue weighted by Crippen LogP contribution is -2.43. The number of carbonyl (C=O) groups excluding carboxylic acids is 1. The average molecular weight is 449 g/mol. The van der Waals surface area contributed by atoms with Crippen molar-refractivity contribution < 1.29 is 9.53 Å². The van der Waals surface area contributed by atoms with Gasteiger partial charge in [0.15, 0.2) is 0 Å². The molecule has 154 valence electrons. The summed E-state index contributed by atoms with van der Waals surface area (Å²) in [6.07, 6.45) is 4.01. The highest BCUT2D eigenvalue weighted by atomic mass is 32.2. The highest BCUT2D eigenvalue weighted by Crippen LogP contribution is 2.64. The number of fused-ring (bicyclic) bond motifs is 6. The van der Waals surface area contributed by atoms with Crippen LogP contribution in [-0.2, 0) is 16.1 Å². The van der Waals surface area contributed by atoms with Crippen LogP contribution in [0, 0.1) is 17.8 Å². The molecule has 0 radical (unpaired) electrons. The summed E-state index contributed by atoms with van der Waals surface area (Å²) in [4.78, 5) is 30.4. The van der Waals surface area contributed by atoms with Gasteiger partial charge < -0.3 is 9.64 Å². The number of nitrogens with zero attached hydrogens (tertiary/aromatic N) is 2. The molecule has 4 heterocycles. The highest BCUT2D eigenvalue weighted by molar-refractivity contribution is 8.00. The fourth-order valence-corrected chi connectivity index (χ4v) is 10.0. The van der Waals surface area contributed by atoms with E-state index in [9.17, 15) is 9.59 Å². The Morgan fingerprint density at radius 1 is 1.21 bits per heavy atom. The van der Waals surface area contributed by atoms with Crippen LogP contribution in [0.2, 0.25) is 0 Å². The first-order chi connectivity index (χ1) is 14.2. The first kappa shape index (κ1) is 18.7. The van der Waals surface area contributed by atoms with Crippen LogP contribution in [0.15, 0.2) is 27.3 Å². The van der Waals surface area contributed by atoms with E-state index in [2.05, 4.69) is 17.5 Å². The molecule has 4 aliphatic rings. The van der Waals surface area contributed by atoms with Gasteiger partial charge in [-0.05, 0) is 48.5 Å².